The van der Waals surface area contributed by atoms with E-state index in [9.17, 15) is 4.79 Å². The molecule has 0 N–H and O–H groups in total. The van der Waals surface area contributed by atoms with E-state index in [4.69, 9.17) is 32.5 Å². The van der Waals surface area contributed by atoms with Gasteiger partial charge in [0, 0.05) is 5.56 Å². The maximum Gasteiger partial charge on any atom is 0.340 e. The molecule has 0 radical (unpaired) electrons. The lowest BCUT2D eigenvalue weighted by atomic mass is 10.2. The summed E-state index contributed by atoms with van der Waals surface area (Å²) in [5, 5.41) is 4.65. The number of benzene rings is 2. The lowest BCUT2D eigenvalue weighted by Gasteiger charge is -2.03. The molecule has 3 aromatic rings. The second-order valence-electron chi connectivity index (χ2n) is 4.55. The highest BCUT2D eigenvalue weighted by Crippen LogP contribution is 2.25. The molecule has 0 aliphatic heterocycles. The van der Waals surface area contributed by atoms with Gasteiger partial charge in [0.25, 0.3) is 5.89 Å². The molecule has 0 spiro atoms. The first-order chi connectivity index (χ1) is 11.1. The lowest BCUT2D eigenvalue weighted by molar-refractivity contribution is 0.0430. The van der Waals surface area contributed by atoms with Gasteiger partial charge in [-0.1, -0.05) is 52.6 Å². The van der Waals surface area contributed by atoms with E-state index in [1.807, 2.05) is 6.07 Å². The van der Waals surface area contributed by atoms with Gasteiger partial charge in [0.2, 0.25) is 5.82 Å². The van der Waals surface area contributed by atoms with Crippen molar-refractivity contribution in [3.8, 4) is 11.4 Å². The molecule has 2 aromatic carbocycles. The summed E-state index contributed by atoms with van der Waals surface area (Å²) in [7, 11) is 0. The molecule has 116 valence electrons. The Morgan fingerprint density at radius 2 is 1.74 bits per heavy atom. The molecule has 0 unspecified atom stereocenters. The zero-order valence-electron chi connectivity index (χ0n) is 11.7. The number of rotatable bonds is 4. The Morgan fingerprint density at radius 3 is 2.48 bits per heavy atom. The van der Waals surface area contributed by atoms with Crippen LogP contribution in [0.5, 0.6) is 0 Å². The van der Waals surface area contributed by atoms with Crippen LogP contribution in [-0.2, 0) is 11.3 Å². The van der Waals surface area contributed by atoms with Crippen LogP contribution in [0.15, 0.2) is 53.1 Å². The quantitative estimate of drug-likeness (QED) is 0.653. The van der Waals surface area contributed by atoms with Crippen molar-refractivity contribution in [1.82, 2.24) is 10.1 Å². The molecule has 0 aliphatic rings. The topological polar surface area (TPSA) is 65.2 Å². The number of aromatic nitrogens is 2. The number of esters is 1. The Hall–Kier alpha value is -2.37. The number of ether oxygens (including phenoxy) is 1. The van der Waals surface area contributed by atoms with E-state index < -0.39 is 5.97 Å². The summed E-state index contributed by atoms with van der Waals surface area (Å²) >= 11 is 12.0. The fourth-order valence-corrected chi connectivity index (χ4v) is 2.33. The lowest BCUT2D eigenvalue weighted by Crippen LogP contribution is -2.06. The molecule has 0 atom stereocenters. The summed E-state index contributed by atoms with van der Waals surface area (Å²) in [6.07, 6.45) is 0. The Morgan fingerprint density at radius 1 is 1.04 bits per heavy atom. The normalized spacial score (nSPS) is 10.5. The molecule has 0 amide bonds. The van der Waals surface area contributed by atoms with Crippen LogP contribution in [0, 0.1) is 0 Å². The van der Waals surface area contributed by atoms with E-state index in [2.05, 4.69) is 10.1 Å². The maximum absolute atomic E-state index is 12.0. The molecule has 3 rings (SSSR count). The van der Waals surface area contributed by atoms with Gasteiger partial charge in [0.15, 0.2) is 6.61 Å². The third-order valence-electron chi connectivity index (χ3n) is 3.00. The largest absolute Gasteiger partial charge is 0.452 e. The SMILES string of the molecule is O=C(OCc1nc(-c2ccccc2Cl)no1)c1ccccc1Cl. The van der Waals surface area contributed by atoms with E-state index in [1.54, 1.807) is 42.5 Å². The molecular formula is C16H10Cl2N2O3. The van der Waals surface area contributed by atoms with Gasteiger partial charge in [-0.05, 0) is 24.3 Å². The van der Waals surface area contributed by atoms with Gasteiger partial charge in [-0.15, -0.1) is 0 Å². The molecule has 0 aliphatic carbocycles. The number of halogens is 2. The molecule has 0 saturated carbocycles. The van der Waals surface area contributed by atoms with E-state index in [-0.39, 0.29) is 18.1 Å². The highest BCUT2D eigenvalue weighted by atomic mass is 35.5. The second-order valence-corrected chi connectivity index (χ2v) is 5.36. The van der Waals surface area contributed by atoms with E-state index in [0.717, 1.165) is 0 Å². The van der Waals surface area contributed by atoms with Crippen LogP contribution in [0.25, 0.3) is 11.4 Å². The monoisotopic (exact) mass is 348 g/mol. The molecule has 7 heteroatoms. The standard InChI is InChI=1S/C16H10Cl2N2O3/c17-12-7-3-1-5-10(12)15-19-14(23-20-15)9-22-16(21)11-6-2-4-8-13(11)18/h1-8H,9H2. The molecule has 5 nitrogen and oxygen atoms in total. The third kappa shape index (κ3) is 3.52. The Kier molecular flexibility index (Phi) is 4.60. The average molecular weight is 349 g/mol. The van der Waals surface area contributed by atoms with Crippen molar-refractivity contribution >= 4 is 29.2 Å². The van der Waals surface area contributed by atoms with Crippen molar-refractivity contribution in [1.29, 1.82) is 0 Å². The highest BCUT2D eigenvalue weighted by Gasteiger charge is 2.15. The third-order valence-corrected chi connectivity index (χ3v) is 3.66. The van der Waals surface area contributed by atoms with Crippen molar-refractivity contribution in [3.05, 3.63) is 70.0 Å². The van der Waals surface area contributed by atoms with Gasteiger partial charge < -0.3 is 9.26 Å². The van der Waals surface area contributed by atoms with Crippen LogP contribution in [0.2, 0.25) is 10.0 Å². The Balaban J connectivity index is 1.70. The Labute approximate surface area is 141 Å². The first kappa shape index (κ1) is 15.5. The zero-order chi connectivity index (χ0) is 16.2. The first-order valence-corrected chi connectivity index (χ1v) is 7.40. The number of hydrogen-bond acceptors (Lipinski definition) is 5. The van der Waals surface area contributed by atoms with Crippen molar-refractivity contribution in [3.63, 3.8) is 0 Å². The molecule has 0 saturated heterocycles. The van der Waals surface area contributed by atoms with Crippen LogP contribution in [0.4, 0.5) is 0 Å². The summed E-state index contributed by atoms with van der Waals surface area (Å²) in [6, 6.07) is 13.7. The van der Waals surface area contributed by atoms with Crippen molar-refractivity contribution in [2.45, 2.75) is 6.61 Å². The van der Waals surface area contributed by atoms with Gasteiger partial charge in [-0.3, -0.25) is 0 Å². The summed E-state index contributed by atoms with van der Waals surface area (Å²) < 4.78 is 10.2. The second kappa shape index (κ2) is 6.81. The first-order valence-electron chi connectivity index (χ1n) is 6.64. The molecule has 1 aromatic heterocycles. The van der Waals surface area contributed by atoms with Crippen molar-refractivity contribution in [2.24, 2.45) is 0 Å². The van der Waals surface area contributed by atoms with Gasteiger partial charge >= 0.3 is 5.97 Å². The minimum Gasteiger partial charge on any atom is -0.452 e. The number of nitrogens with zero attached hydrogens (tertiary/aromatic N) is 2. The molecule has 0 fully saturated rings. The Bertz CT molecular complexity index is 849. The van der Waals surface area contributed by atoms with Crippen molar-refractivity contribution < 1.29 is 14.1 Å². The fourth-order valence-electron chi connectivity index (χ4n) is 1.90. The van der Waals surface area contributed by atoms with Crippen LogP contribution in [0.1, 0.15) is 16.2 Å². The maximum atomic E-state index is 12.0. The van der Waals surface area contributed by atoms with Gasteiger partial charge in [0.05, 0.1) is 15.6 Å². The fraction of sp³-hybridized carbons (Fsp3) is 0.0625. The molecular weight excluding hydrogens is 339 g/mol. The zero-order valence-corrected chi connectivity index (χ0v) is 13.2. The average Bonchev–Trinajstić information content (AvgIpc) is 3.02. The molecule has 23 heavy (non-hydrogen) atoms. The predicted octanol–water partition coefficient (Wildman–Crippen LogP) is 4.40. The van der Waals surface area contributed by atoms with Gasteiger partial charge in [-0.25, -0.2) is 4.79 Å². The van der Waals surface area contributed by atoms with Gasteiger partial charge in [0.1, 0.15) is 0 Å². The van der Waals surface area contributed by atoms with E-state index in [1.165, 1.54) is 0 Å². The number of carbonyl (C=O) groups excluding carboxylic acids is 1. The van der Waals surface area contributed by atoms with Crippen LogP contribution < -0.4 is 0 Å². The van der Waals surface area contributed by atoms with Crippen molar-refractivity contribution in [2.75, 3.05) is 0 Å². The summed E-state index contributed by atoms with van der Waals surface area (Å²) in [5.41, 5.74) is 0.918. The summed E-state index contributed by atoms with van der Waals surface area (Å²) in [6.45, 7) is -0.151. The predicted molar refractivity (Wildman–Crippen MR) is 85.3 cm³/mol. The van der Waals surface area contributed by atoms with Gasteiger partial charge in [-0.2, -0.15) is 4.98 Å². The minimum atomic E-state index is -0.562. The number of hydrogen-bond donors (Lipinski definition) is 0. The summed E-state index contributed by atoms with van der Waals surface area (Å²) in [5.74, 6) is -0.0622. The van der Waals surface area contributed by atoms with Crippen LogP contribution in [0.3, 0.4) is 0 Å². The van der Waals surface area contributed by atoms with E-state index >= 15 is 0 Å². The smallest absolute Gasteiger partial charge is 0.340 e. The van der Waals surface area contributed by atoms with Crippen LogP contribution >= 0.6 is 23.2 Å². The number of carbonyl (C=O) groups is 1. The minimum absolute atomic E-state index is 0.151. The van der Waals surface area contributed by atoms with Crippen LogP contribution in [-0.4, -0.2) is 16.1 Å². The molecule has 1 heterocycles. The summed E-state index contributed by atoms with van der Waals surface area (Å²) in [4.78, 5) is 16.1. The highest BCUT2D eigenvalue weighted by molar-refractivity contribution is 6.33. The van der Waals surface area contributed by atoms with E-state index in [0.29, 0.717) is 21.4 Å². The molecule has 0 bridgehead atoms.